The van der Waals surface area contributed by atoms with Crippen molar-refractivity contribution in [3.8, 4) is 0 Å². The second kappa shape index (κ2) is 5.18. The average molecular weight is 309 g/mol. The van der Waals surface area contributed by atoms with Crippen LogP contribution < -0.4 is 0 Å². The standard InChI is InChI=1S/C13H9BrO4/c1-17-13(16)11-7-6-10(18-11)12(15)8-2-4-9(14)5-3-8/h2-7H,1H3. The van der Waals surface area contributed by atoms with Crippen LogP contribution in [0.2, 0.25) is 0 Å². The molecule has 0 bridgehead atoms. The Bertz CT molecular complexity index is 583. The summed E-state index contributed by atoms with van der Waals surface area (Å²) in [4.78, 5) is 23.2. The lowest BCUT2D eigenvalue weighted by molar-refractivity contribution is 0.0563. The van der Waals surface area contributed by atoms with Gasteiger partial charge in [0, 0.05) is 10.0 Å². The summed E-state index contributed by atoms with van der Waals surface area (Å²) in [6.07, 6.45) is 0. The number of rotatable bonds is 3. The number of carbonyl (C=O) groups excluding carboxylic acids is 2. The molecule has 0 spiro atoms. The monoisotopic (exact) mass is 308 g/mol. The molecule has 1 aromatic carbocycles. The van der Waals surface area contributed by atoms with E-state index in [9.17, 15) is 9.59 Å². The van der Waals surface area contributed by atoms with Gasteiger partial charge in [0.15, 0.2) is 5.76 Å². The smallest absolute Gasteiger partial charge is 0.373 e. The van der Waals surface area contributed by atoms with E-state index >= 15 is 0 Å². The molecule has 2 aromatic rings. The van der Waals surface area contributed by atoms with E-state index in [2.05, 4.69) is 20.7 Å². The summed E-state index contributed by atoms with van der Waals surface area (Å²) in [7, 11) is 1.25. The Morgan fingerprint density at radius 3 is 2.28 bits per heavy atom. The summed E-state index contributed by atoms with van der Waals surface area (Å²) in [6, 6.07) is 9.74. The summed E-state index contributed by atoms with van der Waals surface area (Å²) in [5, 5.41) is 0. The van der Waals surface area contributed by atoms with Crippen LogP contribution in [0, 0.1) is 0 Å². The van der Waals surface area contributed by atoms with Crippen LogP contribution in [0.15, 0.2) is 45.3 Å². The Morgan fingerprint density at radius 2 is 1.67 bits per heavy atom. The molecule has 0 N–H and O–H groups in total. The number of hydrogen-bond donors (Lipinski definition) is 0. The molecule has 0 saturated carbocycles. The first-order valence-electron chi connectivity index (χ1n) is 5.10. The Labute approximate surface area is 112 Å². The van der Waals surface area contributed by atoms with Crippen molar-refractivity contribution in [2.75, 3.05) is 7.11 Å². The zero-order valence-electron chi connectivity index (χ0n) is 9.48. The second-order valence-corrected chi connectivity index (χ2v) is 4.41. The normalized spacial score (nSPS) is 10.1. The van der Waals surface area contributed by atoms with Gasteiger partial charge in [-0.05, 0) is 36.4 Å². The molecule has 0 fully saturated rings. The Morgan fingerprint density at radius 1 is 1.06 bits per heavy atom. The lowest BCUT2D eigenvalue weighted by Crippen LogP contribution is -2.01. The van der Waals surface area contributed by atoms with Gasteiger partial charge in [-0.25, -0.2) is 4.79 Å². The van der Waals surface area contributed by atoms with Crippen LogP contribution >= 0.6 is 15.9 Å². The highest BCUT2D eigenvalue weighted by molar-refractivity contribution is 9.10. The Kier molecular flexibility index (Phi) is 3.62. The fourth-order valence-electron chi connectivity index (χ4n) is 1.41. The number of ketones is 1. The maximum atomic E-state index is 12.0. The van der Waals surface area contributed by atoms with Crippen molar-refractivity contribution in [2.45, 2.75) is 0 Å². The molecule has 4 nitrogen and oxygen atoms in total. The van der Waals surface area contributed by atoms with Gasteiger partial charge in [-0.15, -0.1) is 0 Å². The van der Waals surface area contributed by atoms with Crippen LogP contribution in [0.4, 0.5) is 0 Å². The molecular weight excluding hydrogens is 300 g/mol. The van der Waals surface area contributed by atoms with Gasteiger partial charge < -0.3 is 9.15 Å². The molecule has 1 aromatic heterocycles. The van der Waals surface area contributed by atoms with E-state index in [1.165, 1.54) is 19.2 Å². The predicted molar refractivity (Wildman–Crippen MR) is 67.6 cm³/mol. The fraction of sp³-hybridized carbons (Fsp3) is 0.0769. The number of esters is 1. The molecule has 0 aliphatic carbocycles. The Hall–Kier alpha value is -1.88. The highest BCUT2D eigenvalue weighted by Gasteiger charge is 2.17. The lowest BCUT2D eigenvalue weighted by Gasteiger charge is -1.98. The van der Waals surface area contributed by atoms with Gasteiger partial charge in [-0.1, -0.05) is 15.9 Å². The van der Waals surface area contributed by atoms with Crippen LogP contribution in [-0.2, 0) is 4.74 Å². The maximum absolute atomic E-state index is 12.0. The number of ether oxygens (including phenoxy) is 1. The second-order valence-electron chi connectivity index (χ2n) is 3.49. The molecule has 92 valence electrons. The summed E-state index contributed by atoms with van der Waals surface area (Å²) in [5.41, 5.74) is 0.490. The SMILES string of the molecule is COC(=O)c1ccc(C(=O)c2ccc(Br)cc2)o1. The first-order valence-corrected chi connectivity index (χ1v) is 5.89. The van der Waals surface area contributed by atoms with Crippen LogP contribution in [0.3, 0.4) is 0 Å². The van der Waals surface area contributed by atoms with E-state index in [-0.39, 0.29) is 17.3 Å². The minimum absolute atomic E-state index is 0.0120. The van der Waals surface area contributed by atoms with Crippen LogP contribution in [-0.4, -0.2) is 18.9 Å². The summed E-state index contributed by atoms with van der Waals surface area (Å²) >= 11 is 3.29. The number of halogens is 1. The summed E-state index contributed by atoms with van der Waals surface area (Å²) < 4.78 is 10.5. The van der Waals surface area contributed by atoms with E-state index in [0.29, 0.717) is 5.56 Å². The molecule has 2 rings (SSSR count). The molecule has 0 saturated heterocycles. The first-order chi connectivity index (χ1) is 8.61. The van der Waals surface area contributed by atoms with Gasteiger partial charge in [0.2, 0.25) is 11.5 Å². The van der Waals surface area contributed by atoms with Crippen LogP contribution in [0.25, 0.3) is 0 Å². The van der Waals surface area contributed by atoms with Gasteiger partial charge in [0.25, 0.3) is 0 Å². The summed E-state index contributed by atoms with van der Waals surface area (Å²) in [5.74, 6) is -0.766. The van der Waals surface area contributed by atoms with Gasteiger partial charge in [-0.2, -0.15) is 0 Å². The van der Waals surface area contributed by atoms with Crippen molar-refractivity contribution < 1.29 is 18.7 Å². The van der Waals surface area contributed by atoms with Crippen LogP contribution in [0.5, 0.6) is 0 Å². The third-order valence-electron chi connectivity index (χ3n) is 2.32. The van der Waals surface area contributed by atoms with Gasteiger partial charge >= 0.3 is 5.97 Å². The van der Waals surface area contributed by atoms with Crippen LogP contribution in [0.1, 0.15) is 26.7 Å². The van der Waals surface area contributed by atoms with Crippen molar-refractivity contribution in [3.05, 3.63) is 58.0 Å². The largest absolute Gasteiger partial charge is 0.463 e. The van der Waals surface area contributed by atoms with Gasteiger partial charge in [0.05, 0.1) is 7.11 Å². The number of benzene rings is 1. The first kappa shape index (κ1) is 12.6. The van der Waals surface area contributed by atoms with E-state index in [1.807, 2.05) is 0 Å². The minimum Gasteiger partial charge on any atom is -0.463 e. The summed E-state index contributed by atoms with van der Waals surface area (Å²) in [6.45, 7) is 0. The number of hydrogen-bond acceptors (Lipinski definition) is 4. The molecule has 18 heavy (non-hydrogen) atoms. The van der Waals surface area contributed by atoms with Crippen molar-refractivity contribution in [1.82, 2.24) is 0 Å². The van der Waals surface area contributed by atoms with E-state index < -0.39 is 5.97 Å². The molecule has 0 radical (unpaired) electrons. The van der Waals surface area contributed by atoms with E-state index in [0.717, 1.165) is 4.47 Å². The van der Waals surface area contributed by atoms with E-state index in [1.54, 1.807) is 24.3 Å². The quantitative estimate of drug-likeness (QED) is 0.646. The van der Waals surface area contributed by atoms with Gasteiger partial charge in [0.1, 0.15) is 0 Å². The zero-order valence-corrected chi connectivity index (χ0v) is 11.1. The highest BCUT2D eigenvalue weighted by atomic mass is 79.9. The molecular formula is C13H9BrO4. The van der Waals surface area contributed by atoms with Crippen molar-refractivity contribution in [1.29, 1.82) is 0 Å². The third kappa shape index (κ3) is 2.51. The molecule has 0 aliphatic heterocycles. The van der Waals surface area contributed by atoms with Gasteiger partial charge in [-0.3, -0.25) is 4.79 Å². The number of carbonyl (C=O) groups is 2. The molecule has 5 heteroatoms. The third-order valence-corrected chi connectivity index (χ3v) is 2.85. The molecule has 0 atom stereocenters. The minimum atomic E-state index is -0.607. The predicted octanol–water partition coefficient (Wildman–Crippen LogP) is 3.06. The average Bonchev–Trinajstić information content (AvgIpc) is 2.87. The Balaban J connectivity index is 2.26. The van der Waals surface area contributed by atoms with E-state index in [4.69, 9.17) is 4.42 Å². The molecule has 0 unspecified atom stereocenters. The van der Waals surface area contributed by atoms with Crippen molar-refractivity contribution in [3.63, 3.8) is 0 Å². The molecule has 0 amide bonds. The zero-order chi connectivity index (χ0) is 13.1. The van der Waals surface area contributed by atoms with Crippen molar-refractivity contribution in [2.24, 2.45) is 0 Å². The topological polar surface area (TPSA) is 56.5 Å². The lowest BCUT2D eigenvalue weighted by atomic mass is 10.1. The maximum Gasteiger partial charge on any atom is 0.373 e. The highest BCUT2D eigenvalue weighted by Crippen LogP contribution is 2.16. The molecule has 1 heterocycles. The number of methoxy groups -OCH3 is 1. The van der Waals surface area contributed by atoms with Crippen molar-refractivity contribution >= 4 is 27.7 Å². The number of furan rings is 1. The molecule has 0 aliphatic rings. The fourth-order valence-corrected chi connectivity index (χ4v) is 1.68.